The molecule has 2 saturated carbocycles. The van der Waals surface area contributed by atoms with E-state index in [4.69, 9.17) is 5.73 Å². The average Bonchev–Trinajstić information content (AvgIpc) is 3.54. The van der Waals surface area contributed by atoms with Gasteiger partial charge in [-0.2, -0.15) is 0 Å². The van der Waals surface area contributed by atoms with Crippen molar-refractivity contribution in [2.75, 3.05) is 6.54 Å². The van der Waals surface area contributed by atoms with Crippen LogP contribution in [0.3, 0.4) is 0 Å². The van der Waals surface area contributed by atoms with Crippen LogP contribution >= 0.6 is 11.3 Å². The lowest BCUT2D eigenvalue weighted by molar-refractivity contribution is 0.0701. The first-order chi connectivity index (χ1) is 12.2. The number of carbonyl (C=O) groups excluding carboxylic acids is 1. The number of piperidine rings is 1. The number of rotatable bonds is 4. The Morgan fingerprint density at radius 1 is 1.32 bits per heavy atom. The van der Waals surface area contributed by atoms with E-state index in [9.17, 15) is 9.18 Å². The zero-order chi connectivity index (χ0) is 17.1. The maximum Gasteiger partial charge on any atom is 0.274 e. The van der Waals surface area contributed by atoms with Crippen LogP contribution in [0.1, 0.15) is 47.1 Å². The highest BCUT2D eigenvalue weighted by atomic mass is 32.1. The first-order valence-electron chi connectivity index (χ1n) is 8.95. The van der Waals surface area contributed by atoms with Crippen LogP contribution in [0.4, 0.5) is 4.39 Å². The monoisotopic (exact) mass is 357 g/mol. The van der Waals surface area contributed by atoms with Gasteiger partial charge < -0.3 is 10.6 Å². The summed E-state index contributed by atoms with van der Waals surface area (Å²) in [6.45, 7) is 0.480. The summed E-state index contributed by atoms with van der Waals surface area (Å²) < 4.78 is 14.4. The fourth-order valence-electron chi connectivity index (χ4n) is 4.02. The van der Waals surface area contributed by atoms with Crippen LogP contribution in [0.25, 0.3) is 10.4 Å². The summed E-state index contributed by atoms with van der Waals surface area (Å²) in [7, 11) is 0. The molecule has 25 heavy (non-hydrogen) atoms. The van der Waals surface area contributed by atoms with Crippen LogP contribution in [-0.4, -0.2) is 34.4 Å². The third-order valence-corrected chi connectivity index (χ3v) is 6.86. The molecule has 130 valence electrons. The van der Waals surface area contributed by atoms with Crippen molar-refractivity contribution in [1.29, 1.82) is 0 Å². The van der Waals surface area contributed by atoms with Crippen molar-refractivity contribution in [3.63, 3.8) is 0 Å². The lowest BCUT2D eigenvalue weighted by atomic mass is 10.1. The number of carbonyl (C=O) groups is 1. The number of nitrogens with two attached hydrogens (primary N) is 1. The van der Waals surface area contributed by atoms with Gasteiger partial charge in [-0.1, -0.05) is 18.2 Å². The molecule has 2 N–H and O–H groups in total. The number of hydrogen-bond donors (Lipinski definition) is 1. The second kappa shape index (κ2) is 5.61. The van der Waals surface area contributed by atoms with Gasteiger partial charge in [0.15, 0.2) is 0 Å². The first kappa shape index (κ1) is 15.5. The molecule has 0 spiro atoms. The molecule has 1 saturated heterocycles. The molecule has 3 fully saturated rings. The molecule has 2 aromatic rings. The number of thiazole rings is 1. The smallest absolute Gasteiger partial charge is 0.274 e. The minimum absolute atomic E-state index is 0.0677. The number of halogens is 1. The lowest BCUT2D eigenvalue weighted by Crippen LogP contribution is -2.42. The van der Waals surface area contributed by atoms with E-state index in [0.29, 0.717) is 40.6 Å². The van der Waals surface area contributed by atoms with Gasteiger partial charge in [-0.15, -0.1) is 11.3 Å². The topological polar surface area (TPSA) is 59.2 Å². The summed E-state index contributed by atoms with van der Waals surface area (Å²) in [4.78, 5) is 20.6. The normalized spacial score (nSPS) is 27.4. The lowest BCUT2D eigenvalue weighted by Gasteiger charge is -2.26. The number of nitrogens with zero attached hydrogens (tertiary/aromatic N) is 2. The summed E-state index contributed by atoms with van der Waals surface area (Å²) in [6.07, 6.45) is 4.27. The minimum Gasteiger partial charge on any atom is -0.330 e. The van der Waals surface area contributed by atoms with Gasteiger partial charge in [0.05, 0.1) is 9.88 Å². The van der Waals surface area contributed by atoms with Gasteiger partial charge >= 0.3 is 0 Å². The van der Waals surface area contributed by atoms with E-state index in [-0.39, 0.29) is 17.8 Å². The van der Waals surface area contributed by atoms with Crippen molar-refractivity contribution >= 4 is 17.2 Å². The first-order valence-corrected chi connectivity index (χ1v) is 9.77. The number of hydrogen-bond acceptors (Lipinski definition) is 4. The molecule has 1 aromatic carbocycles. The summed E-state index contributed by atoms with van der Waals surface area (Å²) in [5.41, 5.74) is 6.79. The fraction of sp³-hybridized carbons (Fsp3) is 0.474. The maximum atomic E-state index is 14.4. The molecule has 3 aliphatic rings. The van der Waals surface area contributed by atoms with Gasteiger partial charge in [-0.05, 0) is 37.7 Å². The molecule has 1 amide bonds. The third-order valence-electron chi connectivity index (χ3n) is 5.61. The quantitative estimate of drug-likeness (QED) is 0.912. The summed E-state index contributed by atoms with van der Waals surface area (Å²) in [5.74, 6) is 0.663. The molecule has 0 radical (unpaired) electrons. The molecule has 1 aliphatic heterocycles. The van der Waals surface area contributed by atoms with Crippen LogP contribution in [-0.2, 0) is 0 Å². The minimum atomic E-state index is -0.302. The molecular formula is C19H20FN3OS. The van der Waals surface area contributed by atoms with Gasteiger partial charge in [-0.3, -0.25) is 4.79 Å². The van der Waals surface area contributed by atoms with Crippen LogP contribution < -0.4 is 5.73 Å². The Hall–Kier alpha value is -1.79. The van der Waals surface area contributed by atoms with Crippen molar-refractivity contribution in [2.45, 2.75) is 43.7 Å². The van der Waals surface area contributed by atoms with Gasteiger partial charge in [-0.25, -0.2) is 9.37 Å². The van der Waals surface area contributed by atoms with E-state index >= 15 is 0 Å². The zero-order valence-corrected chi connectivity index (χ0v) is 14.6. The Morgan fingerprint density at radius 2 is 2.12 bits per heavy atom. The van der Waals surface area contributed by atoms with E-state index in [1.54, 1.807) is 18.2 Å². The predicted molar refractivity (Wildman–Crippen MR) is 95.0 cm³/mol. The van der Waals surface area contributed by atoms with Gasteiger partial charge in [0, 0.05) is 30.1 Å². The Bertz CT molecular complexity index is 847. The summed E-state index contributed by atoms with van der Waals surface area (Å²) in [5, 5.41) is 0.970. The SMILES string of the molecule is NC[C@@H]1C[C@@H]2C[C@@H]2N1C(=O)c1nc(C2CC2)sc1-c1ccccc1F. The highest BCUT2D eigenvalue weighted by Gasteiger charge is 2.54. The van der Waals surface area contributed by atoms with Crippen LogP contribution in [0.15, 0.2) is 24.3 Å². The van der Waals surface area contributed by atoms with Crippen molar-refractivity contribution in [3.8, 4) is 10.4 Å². The summed E-state index contributed by atoms with van der Waals surface area (Å²) >= 11 is 1.48. The van der Waals surface area contributed by atoms with Crippen molar-refractivity contribution < 1.29 is 9.18 Å². The summed E-state index contributed by atoms with van der Waals surface area (Å²) in [6, 6.07) is 7.05. The predicted octanol–water partition coefficient (Wildman–Crippen LogP) is 3.39. The standard InChI is InChI=1S/C19H20FN3OS/c20-14-4-2-1-3-13(14)17-16(22-18(25-17)10-5-6-10)19(24)23-12(9-21)7-11-8-15(11)23/h1-4,10-12,15H,5-9,21H2/t11-,12+,15+/m1/s1. The van der Waals surface area contributed by atoms with Gasteiger partial charge in [0.1, 0.15) is 11.5 Å². The van der Waals surface area contributed by atoms with Gasteiger partial charge in [0.25, 0.3) is 5.91 Å². The van der Waals surface area contributed by atoms with Crippen molar-refractivity contribution in [1.82, 2.24) is 9.88 Å². The molecule has 6 heteroatoms. The number of aromatic nitrogens is 1. The van der Waals surface area contributed by atoms with E-state index in [0.717, 1.165) is 30.7 Å². The molecule has 0 bridgehead atoms. The molecule has 3 atom stereocenters. The molecule has 2 heterocycles. The Morgan fingerprint density at radius 3 is 2.84 bits per heavy atom. The second-order valence-electron chi connectivity index (χ2n) is 7.38. The molecular weight excluding hydrogens is 337 g/mol. The third kappa shape index (κ3) is 2.50. The molecule has 0 unspecified atom stereocenters. The van der Waals surface area contributed by atoms with E-state index < -0.39 is 0 Å². The van der Waals surface area contributed by atoms with Crippen molar-refractivity contribution in [2.24, 2.45) is 11.7 Å². The zero-order valence-electron chi connectivity index (χ0n) is 13.8. The highest BCUT2D eigenvalue weighted by Crippen LogP contribution is 2.50. The Kier molecular flexibility index (Phi) is 3.47. The molecule has 2 aliphatic carbocycles. The van der Waals surface area contributed by atoms with E-state index in [1.807, 2.05) is 4.90 Å². The number of fused-ring (bicyclic) bond motifs is 1. The Balaban J connectivity index is 1.58. The molecule has 4 nitrogen and oxygen atoms in total. The van der Waals surface area contributed by atoms with Crippen LogP contribution in [0, 0.1) is 11.7 Å². The van der Waals surface area contributed by atoms with E-state index in [1.165, 1.54) is 17.4 Å². The number of likely N-dealkylation sites (tertiary alicyclic amines) is 1. The van der Waals surface area contributed by atoms with Crippen LogP contribution in [0.5, 0.6) is 0 Å². The average molecular weight is 357 g/mol. The van der Waals surface area contributed by atoms with Gasteiger partial charge in [0.2, 0.25) is 0 Å². The molecule has 1 aromatic heterocycles. The number of benzene rings is 1. The number of amides is 1. The van der Waals surface area contributed by atoms with E-state index in [2.05, 4.69) is 4.98 Å². The second-order valence-corrected chi connectivity index (χ2v) is 8.42. The van der Waals surface area contributed by atoms with Crippen molar-refractivity contribution in [3.05, 3.63) is 40.8 Å². The Labute approximate surface area is 149 Å². The largest absolute Gasteiger partial charge is 0.330 e. The fourth-order valence-corrected chi connectivity index (χ4v) is 5.28. The molecule has 5 rings (SSSR count). The maximum absolute atomic E-state index is 14.4. The highest BCUT2D eigenvalue weighted by molar-refractivity contribution is 7.15. The van der Waals surface area contributed by atoms with Crippen LogP contribution in [0.2, 0.25) is 0 Å².